The molecule has 2 N–H and O–H groups in total. The minimum absolute atomic E-state index is 0.612. The first-order valence-corrected chi connectivity index (χ1v) is 6.23. The van der Waals surface area contributed by atoms with Gasteiger partial charge in [-0.25, -0.2) is 0 Å². The maximum absolute atomic E-state index is 6.12. The lowest BCUT2D eigenvalue weighted by Gasteiger charge is -2.09. The van der Waals surface area contributed by atoms with Crippen molar-refractivity contribution in [3.8, 4) is 5.75 Å². The van der Waals surface area contributed by atoms with Gasteiger partial charge in [-0.1, -0.05) is 11.6 Å². The molecule has 18 heavy (non-hydrogen) atoms. The van der Waals surface area contributed by atoms with Crippen molar-refractivity contribution in [1.29, 1.82) is 0 Å². The van der Waals surface area contributed by atoms with E-state index in [1.54, 1.807) is 0 Å². The average Bonchev–Trinajstić information content (AvgIpc) is 2.76. The lowest BCUT2D eigenvalue weighted by Crippen LogP contribution is -2.00. The van der Waals surface area contributed by atoms with Crippen molar-refractivity contribution in [2.75, 3.05) is 11.9 Å². The summed E-state index contributed by atoms with van der Waals surface area (Å²) in [6.07, 6.45) is 1.82. The van der Waals surface area contributed by atoms with E-state index in [0.717, 1.165) is 16.9 Å². The zero-order valence-corrected chi connectivity index (χ0v) is 11.2. The Balaban J connectivity index is 2.02. The van der Waals surface area contributed by atoms with Crippen LogP contribution in [-0.4, -0.2) is 16.8 Å². The summed E-state index contributed by atoms with van der Waals surface area (Å²) in [6.45, 7) is 5.26. The van der Waals surface area contributed by atoms with Crippen LogP contribution < -0.4 is 10.1 Å². The summed E-state index contributed by atoms with van der Waals surface area (Å²) in [5.41, 5.74) is 3.17. The monoisotopic (exact) mass is 265 g/mol. The van der Waals surface area contributed by atoms with E-state index in [2.05, 4.69) is 15.5 Å². The van der Waals surface area contributed by atoms with Gasteiger partial charge in [-0.15, -0.1) is 0 Å². The second-order valence-corrected chi connectivity index (χ2v) is 4.36. The van der Waals surface area contributed by atoms with Gasteiger partial charge in [0.25, 0.3) is 0 Å². The number of nitrogens with one attached hydrogen (secondary N) is 2. The Morgan fingerprint density at radius 1 is 1.44 bits per heavy atom. The fourth-order valence-electron chi connectivity index (χ4n) is 1.63. The first-order chi connectivity index (χ1) is 8.70. The standard InChI is InChI=1S/C13H16ClN3O/c1-3-18-13-5-4-11(6-12(13)14)15-7-10-8-16-17-9(10)2/h4-6,8,15H,3,7H2,1-2H3,(H,16,17). The van der Waals surface area contributed by atoms with Crippen LogP contribution in [0.1, 0.15) is 18.2 Å². The molecule has 0 aliphatic carbocycles. The van der Waals surface area contributed by atoms with Crippen LogP contribution in [0, 0.1) is 6.92 Å². The molecule has 1 aromatic heterocycles. The van der Waals surface area contributed by atoms with Gasteiger partial charge in [0.2, 0.25) is 0 Å². The van der Waals surface area contributed by atoms with Gasteiger partial charge in [0, 0.05) is 23.5 Å². The molecular weight excluding hydrogens is 250 g/mol. The number of ether oxygens (including phenoxy) is 1. The molecule has 0 saturated carbocycles. The summed E-state index contributed by atoms with van der Waals surface area (Å²) in [4.78, 5) is 0. The number of anilines is 1. The summed E-state index contributed by atoms with van der Waals surface area (Å²) >= 11 is 6.12. The fraction of sp³-hybridized carbons (Fsp3) is 0.308. The molecule has 0 radical (unpaired) electrons. The number of hydrogen-bond donors (Lipinski definition) is 2. The van der Waals surface area contributed by atoms with Crippen molar-refractivity contribution in [3.05, 3.63) is 40.7 Å². The molecule has 0 bridgehead atoms. The topological polar surface area (TPSA) is 49.9 Å². The lowest BCUT2D eigenvalue weighted by molar-refractivity contribution is 0.340. The molecule has 0 aliphatic rings. The van der Waals surface area contributed by atoms with E-state index in [4.69, 9.17) is 16.3 Å². The molecular formula is C13H16ClN3O. The van der Waals surface area contributed by atoms with E-state index >= 15 is 0 Å². The predicted molar refractivity (Wildman–Crippen MR) is 73.3 cm³/mol. The highest BCUT2D eigenvalue weighted by atomic mass is 35.5. The van der Waals surface area contributed by atoms with Gasteiger partial charge >= 0.3 is 0 Å². The fourth-order valence-corrected chi connectivity index (χ4v) is 1.87. The first-order valence-electron chi connectivity index (χ1n) is 5.85. The summed E-state index contributed by atoms with van der Waals surface area (Å²) in [5, 5.41) is 10.8. The Bertz CT molecular complexity index is 525. The number of benzene rings is 1. The van der Waals surface area contributed by atoms with Gasteiger partial charge in [-0.05, 0) is 32.0 Å². The Hall–Kier alpha value is -1.68. The second kappa shape index (κ2) is 5.78. The number of hydrogen-bond acceptors (Lipinski definition) is 3. The van der Waals surface area contributed by atoms with Crippen molar-refractivity contribution in [1.82, 2.24) is 10.2 Å². The van der Waals surface area contributed by atoms with Crippen LogP contribution in [0.2, 0.25) is 5.02 Å². The van der Waals surface area contributed by atoms with Crippen molar-refractivity contribution in [3.63, 3.8) is 0 Å². The number of H-pyrrole nitrogens is 1. The summed E-state index contributed by atoms with van der Waals surface area (Å²) in [5.74, 6) is 0.712. The van der Waals surface area contributed by atoms with Crippen LogP contribution in [0.3, 0.4) is 0 Å². The number of nitrogens with zero attached hydrogens (tertiary/aromatic N) is 1. The van der Waals surface area contributed by atoms with Gasteiger partial charge in [-0.3, -0.25) is 5.10 Å². The Morgan fingerprint density at radius 3 is 2.89 bits per heavy atom. The van der Waals surface area contributed by atoms with E-state index in [0.29, 0.717) is 23.9 Å². The van der Waals surface area contributed by atoms with Gasteiger partial charge in [-0.2, -0.15) is 5.10 Å². The van der Waals surface area contributed by atoms with Crippen LogP contribution in [0.4, 0.5) is 5.69 Å². The second-order valence-electron chi connectivity index (χ2n) is 3.95. The van der Waals surface area contributed by atoms with Crippen LogP contribution in [-0.2, 0) is 6.54 Å². The Kier molecular flexibility index (Phi) is 4.10. The molecule has 0 aliphatic heterocycles. The zero-order chi connectivity index (χ0) is 13.0. The highest BCUT2D eigenvalue weighted by Crippen LogP contribution is 2.27. The minimum Gasteiger partial charge on any atom is -0.492 e. The SMILES string of the molecule is CCOc1ccc(NCc2cn[nH]c2C)cc1Cl. The van der Waals surface area contributed by atoms with E-state index in [1.165, 1.54) is 0 Å². The quantitative estimate of drug-likeness (QED) is 0.871. The number of aromatic nitrogens is 2. The van der Waals surface area contributed by atoms with Crippen molar-refractivity contribution >= 4 is 17.3 Å². The molecule has 96 valence electrons. The van der Waals surface area contributed by atoms with E-state index in [1.807, 2.05) is 38.2 Å². The molecule has 2 aromatic rings. The van der Waals surface area contributed by atoms with E-state index < -0.39 is 0 Å². The van der Waals surface area contributed by atoms with Crippen molar-refractivity contribution < 1.29 is 4.74 Å². The number of rotatable bonds is 5. The lowest BCUT2D eigenvalue weighted by atomic mass is 10.2. The Morgan fingerprint density at radius 2 is 2.28 bits per heavy atom. The number of halogens is 1. The van der Waals surface area contributed by atoms with Crippen molar-refractivity contribution in [2.45, 2.75) is 20.4 Å². The van der Waals surface area contributed by atoms with E-state index in [-0.39, 0.29) is 0 Å². The molecule has 0 saturated heterocycles. The highest BCUT2D eigenvalue weighted by molar-refractivity contribution is 6.32. The first kappa shape index (κ1) is 12.8. The van der Waals surface area contributed by atoms with Crippen LogP contribution in [0.15, 0.2) is 24.4 Å². The van der Waals surface area contributed by atoms with Crippen LogP contribution >= 0.6 is 11.6 Å². The van der Waals surface area contributed by atoms with Crippen LogP contribution in [0.25, 0.3) is 0 Å². The van der Waals surface area contributed by atoms with E-state index in [9.17, 15) is 0 Å². The van der Waals surface area contributed by atoms with Crippen molar-refractivity contribution in [2.24, 2.45) is 0 Å². The number of aryl methyl sites for hydroxylation is 1. The summed E-state index contributed by atoms with van der Waals surface area (Å²) in [6, 6.07) is 5.69. The molecule has 0 atom stereocenters. The molecule has 4 nitrogen and oxygen atoms in total. The van der Waals surface area contributed by atoms with Gasteiger partial charge in [0.1, 0.15) is 5.75 Å². The third kappa shape index (κ3) is 2.96. The molecule has 0 amide bonds. The minimum atomic E-state index is 0.612. The normalized spacial score (nSPS) is 10.4. The molecule has 2 rings (SSSR count). The maximum atomic E-state index is 6.12. The smallest absolute Gasteiger partial charge is 0.138 e. The van der Waals surface area contributed by atoms with Gasteiger partial charge in [0.05, 0.1) is 17.8 Å². The third-order valence-corrected chi connectivity index (χ3v) is 2.94. The van der Waals surface area contributed by atoms with Gasteiger partial charge in [0.15, 0.2) is 0 Å². The average molecular weight is 266 g/mol. The molecule has 5 heteroatoms. The third-order valence-electron chi connectivity index (χ3n) is 2.65. The largest absolute Gasteiger partial charge is 0.492 e. The van der Waals surface area contributed by atoms with Gasteiger partial charge < -0.3 is 10.1 Å². The maximum Gasteiger partial charge on any atom is 0.138 e. The predicted octanol–water partition coefficient (Wildman–Crippen LogP) is 3.38. The summed E-state index contributed by atoms with van der Waals surface area (Å²) < 4.78 is 5.39. The molecule has 0 spiro atoms. The molecule has 0 unspecified atom stereocenters. The van der Waals surface area contributed by atoms with Crippen LogP contribution in [0.5, 0.6) is 5.75 Å². The molecule has 1 aromatic carbocycles. The summed E-state index contributed by atoms with van der Waals surface area (Å²) in [7, 11) is 0. The Labute approximate surface area is 111 Å². The zero-order valence-electron chi connectivity index (χ0n) is 10.5. The number of aromatic amines is 1. The highest BCUT2D eigenvalue weighted by Gasteiger charge is 2.04. The molecule has 0 fully saturated rings. The molecule has 1 heterocycles.